The molecule has 0 spiro atoms. The monoisotopic (exact) mass is 352 g/mol. The first kappa shape index (κ1) is 16.2. The number of nitrogens with two attached hydrogens (primary N) is 2. The number of carbonyl (C=O) groups excluding carboxylic acids is 1. The van der Waals surface area contributed by atoms with E-state index in [2.05, 4.69) is 4.98 Å². The lowest BCUT2D eigenvalue weighted by molar-refractivity contribution is -0.136. The smallest absolute Gasteiger partial charge is 0.397 e. The molecule has 5 nitrogen and oxygen atoms in total. The summed E-state index contributed by atoms with van der Waals surface area (Å²) >= 11 is 0.768. The molecule has 2 aromatic heterocycles. The van der Waals surface area contributed by atoms with Crippen molar-refractivity contribution in [1.29, 1.82) is 0 Å². The van der Waals surface area contributed by atoms with Gasteiger partial charge in [0.25, 0.3) is 5.91 Å². The molecule has 0 unspecified atom stereocenters. The van der Waals surface area contributed by atoms with Gasteiger partial charge < -0.3 is 5.73 Å². The molecular weight excluding hydrogens is 341 g/mol. The maximum atomic E-state index is 13.5. The number of thiophene rings is 1. The van der Waals surface area contributed by atoms with Crippen LogP contribution in [0.4, 0.5) is 18.9 Å². The molecule has 9 heteroatoms. The predicted octanol–water partition coefficient (Wildman–Crippen LogP) is 3.17. The number of nitrogens with one attached hydrogen (secondary N) is 1. The Hall–Kier alpha value is -2.65. The second-order valence-electron chi connectivity index (χ2n) is 4.92. The fourth-order valence-corrected chi connectivity index (χ4v) is 3.36. The lowest BCUT2D eigenvalue weighted by atomic mass is 10.1. The Balaban J connectivity index is 2.35. The van der Waals surface area contributed by atoms with Crippen molar-refractivity contribution in [2.45, 2.75) is 6.18 Å². The number of amides is 1. The topological polar surface area (TPSA) is 94.0 Å². The van der Waals surface area contributed by atoms with E-state index < -0.39 is 17.6 Å². The predicted molar refractivity (Wildman–Crippen MR) is 86.1 cm³/mol. The third kappa shape index (κ3) is 2.68. The van der Waals surface area contributed by atoms with Crippen molar-refractivity contribution < 1.29 is 18.0 Å². The third-order valence-electron chi connectivity index (χ3n) is 3.41. The van der Waals surface area contributed by atoms with E-state index >= 15 is 0 Å². The highest BCUT2D eigenvalue weighted by atomic mass is 32.1. The highest BCUT2D eigenvalue weighted by Crippen LogP contribution is 2.43. The Morgan fingerprint density at radius 1 is 1.21 bits per heavy atom. The number of fused-ring (bicyclic) bond motifs is 1. The minimum atomic E-state index is -4.64. The van der Waals surface area contributed by atoms with Gasteiger partial charge in [0, 0.05) is 10.9 Å². The van der Waals surface area contributed by atoms with Crippen LogP contribution in [-0.4, -0.2) is 10.9 Å². The number of aromatic nitrogens is 1. The number of hydrazine groups is 1. The zero-order valence-corrected chi connectivity index (χ0v) is 12.8. The summed E-state index contributed by atoms with van der Waals surface area (Å²) in [6, 6.07) is 9.39. The van der Waals surface area contributed by atoms with Gasteiger partial charge in [-0.05, 0) is 6.07 Å². The van der Waals surface area contributed by atoms with E-state index in [9.17, 15) is 18.0 Å². The summed E-state index contributed by atoms with van der Waals surface area (Å²) in [4.78, 5) is 15.9. The van der Waals surface area contributed by atoms with E-state index in [-0.39, 0.29) is 26.5 Å². The Labute approximate surface area is 138 Å². The van der Waals surface area contributed by atoms with Crippen LogP contribution in [0, 0.1) is 0 Å². The summed E-state index contributed by atoms with van der Waals surface area (Å²) in [5, 5.41) is -0.286. The van der Waals surface area contributed by atoms with Crippen molar-refractivity contribution in [2.24, 2.45) is 5.84 Å². The minimum absolute atomic E-state index is 0.0276. The van der Waals surface area contributed by atoms with E-state index in [1.54, 1.807) is 30.3 Å². The van der Waals surface area contributed by atoms with Crippen LogP contribution in [0.2, 0.25) is 0 Å². The van der Waals surface area contributed by atoms with Crippen LogP contribution in [0.15, 0.2) is 36.4 Å². The molecule has 0 saturated carbocycles. The molecule has 5 N–H and O–H groups in total. The van der Waals surface area contributed by atoms with Gasteiger partial charge in [-0.3, -0.25) is 10.2 Å². The van der Waals surface area contributed by atoms with E-state index in [1.165, 1.54) is 0 Å². The first-order valence-corrected chi connectivity index (χ1v) is 7.51. The van der Waals surface area contributed by atoms with Crippen LogP contribution in [0.1, 0.15) is 15.2 Å². The molecule has 3 aromatic rings. The average molecular weight is 352 g/mol. The largest absolute Gasteiger partial charge is 0.417 e. The van der Waals surface area contributed by atoms with E-state index in [0.717, 1.165) is 17.4 Å². The molecule has 1 amide bonds. The lowest BCUT2D eigenvalue weighted by Gasteiger charge is -2.11. The van der Waals surface area contributed by atoms with Crippen molar-refractivity contribution in [3.8, 4) is 11.3 Å². The number of benzene rings is 1. The fraction of sp³-hybridized carbons (Fsp3) is 0.0667. The molecule has 0 saturated heterocycles. The van der Waals surface area contributed by atoms with Gasteiger partial charge in [-0.25, -0.2) is 10.8 Å². The van der Waals surface area contributed by atoms with Gasteiger partial charge in [-0.1, -0.05) is 30.3 Å². The Morgan fingerprint density at radius 2 is 1.88 bits per heavy atom. The quantitative estimate of drug-likeness (QED) is 0.375. The number of halogens is 3. The molecule has 1 aromatic carbocycles. The molecule has 124 valence electrons. The molecular formula is C15H11F3N4OS. The highest BCUT2D eigenvalue weighted by Gasteiger charge is 2.36. The zero-order chi connectivity index (χ0) is 17.5. The maximum absolute atomic E-state index is 13.5. The van der Waals surface area contributed by atoms with Crippen molar-refractivity contribution in [3.63, 3.8) is 0 Å². The summed E-state index contributed by atoms with van der Waals surface area (Å²) in [6.45, 7) is 0. The number of hydrogen-bond acceptors (Lipinski definition) is 5. The van der Waals surface area contributed by atoms with Crippen LogP contribution in [-0.2, 0) is 6.18 Å². The summed E-state index contributed by atoms with van der Waals surface area (Å²) in [7, 11) is 0. The number of rotatable bonds is 2. The molecule has 0 aliphatic heterocycles. The van der Waals surface area contributed by atoms with E-state index in [1.807, 2.05) is 5.43 Å². The lowest BCUT2D eigenvalue weighted by Crippen LogP contribution is -2.29. The SMILES string of the molecule is NNC(=O)c1sc2nc(-c3ccccc3)cc(C(F)(F)F)c2c1N. The second-order valence-corrected chi connectivity index (χ2v) is 5.92. The van der Waals surface area contributed by atoms with Crippen LogP contribution in [0.3, 0.4) is 0 Å². The fourth-order valence-electron chi connectivity index (χ4n) is 2.34. The van der Waals surface area contributed by atoms with Gasteiger partial charge in [-0.15, -0.1) is 11.3 Å². The van der Waals surface area contributed by atoms with Crippen molar-refractivity contribution in [1.82, 2.24) is 10.4 Å². The third-order valence-corrected chi connectivity index (χ3v) is 4.51. The number of nitrogens with zero attached hydrogens (tertiary/aromatic N) is 1. The minimum Gasteiger partial charge on any atom is -0.397 e. The summed E-state index contributed by atoms with van der Waals surface area (Å²) in [5.74, 6) is 4.29. The number of hydrogen-bond donors (Lipinski definition) is 3. The second kappa shape index (κ2) is 5.77. The zero-order valence-electron chi connectivity index (χ0n) is 12.0. The van der Waals surface area contributed by atoms with Gasteiger partial charge in [0.05, 0.1) is 16.9 Å². The maximum Gasteiger partial charge on any atom is 0.417 e. The van der Waals surface area contributed by atoms with Gasteiger partial charge in [-0.2, -0.15) is 13.2 Å². The van der Waals surface area contributed by atoms with E-state index in [0.29, 0.717) is 5.56 Å². The van der Waals surface area contributed by atoms with Crippen LogP contribution in [0.5, 0.6) is 0 Å². The Bertz CT molecular complexity index is 922. The van der Waals surface area contributed by atoms with Gasteiger partial charge in [0.2, 0.25) is 0 Å². The number of alkyl halides is 3. The Morgan fingerprint density at radius 3 is 2.46 bits per heavy atom. The molecule has 0 fully saturated rings. The summed E-state index contributed by atoms with van der Waals surface area (Å²) < 4.78 is 40.4. The molecule has 3 rings (SSSR count). The van der Waals surface area contributed by atoms with Gasteiger partial charge in [0.15, 0.2) is 0 Å². The molecule has 0 bridgehead atoms. The van der Waals surface area contributed by atoms with Crippen molar-refractivity contribution in [3.05, 3.63) is 46.8 Å². The Kier molecular flexibility index (Phi) is 3.90. The van der Waals surface area contributed by atoms with Crippen molar-refractivity contribution >= 4 is 33.1 Å². The molecule has 2 heterocycles. The van der Waals surface area contributed by atoms with Gasteiger partial charge in [0.1, 0.15) is 9.71 Å². The molecule has 0 radical (unpaired) electrons. The number of nitrogen functional groups attached to an aromatic ring is 2. The molecule has 0 aliphatic rings. The van der Waals surface area contributed by atoms with E-state index in [4.69, 9.17) is 11.6 Å². The average Bonchev–Trinajstić information content (AvgIpc) is 2.90. The molecule has 0 aliphatic carbocycles. The first-order valence-electron chi connectivity index (χ1n) is 6.69. The molecule has 0 atom stereocenters. The molecule has 24 heavy (non-hydrogen) atoms. The summed E-state index contributed by atoms with van der Waals surface area (Å²) in [6.07, 6.45) is -4.64. The van der Waals surface area contributed by atoms with Gasteiger partial charge >= 0.3 is 6.18 Å². The van der Waals surface area contributed by atoms with Crippen LogP contribution in [0.25, 0.3) is 21.5 Å². The summed E-state index contributed by atoms with van der Waals surface area (Å²) in [5.41, 5.74) is 7.09. The highest BCUT2D eigenvalue weighted by molar-refractivity contribution is 7.21. The number of anilines is 1. The van der Waals surface area contributed by atoms with Crippen molar-refractivity contribution in [2.75, 3.05) is 5.73 Å². The van der Waals surface area contributed by atoms with Crippen LogP contribution < -0.4 is 17.0 Å². The van der Waals surface area contributed by atoms with Crippen LogP contribution >= 0.6 is 11.3 Å². The first-order chi connectivity index (χ1) is 11.3. The number of pyridine rings is 1. The standard InChI is InChI=1S/C15H11F3N4OS/c16-15(17,18)8-6-9(7-4-2-1-3-5-7)21-14-10(8)11(19)12(24-14)13(23)22-20/h1-6H,19-20H2,(H,22,23). The normalized spacial score (nSPS) is 11.7. The number of carbonyl (C=O) groups is 1.